The first kappa shape index (κ1) is 45.8. The van der Waals surface area contributed by atoms with Gasteiger partial charge in [-0.05, 0) is 172 Å². The molecule has 0 spiro atoms. The van der Waals surface area contributed by atoms with Crippen molar-refractivity contribution in [2.24, 2.45) is 0 Å². The Labute approximate surface area is 444 Å². The van der Waals surface area contributed by atoms with Gasteiger partial charge < -0.3 is 9.80 Å². The molecule has 0 saturated heterocycles. The van der Waals surface area contributed by atoms with Crippen LogP contribution in [0.1, 0.15) is 11.1 Å². The molecule has 13 rings (SSSR count). The van der Waals surface area contributed by atoms with Crippen molar-refractivity contribution < 1.29 is 0 Å². The summed E-state index contributed by atoms with van der Waals surface area (Å²) in [5.41, 5.74) is 18.0. The van der Waals surface area contributed by atoms with Crippen molar-refractivity contribution in [1.29, 1.82) is 0 Å². The Kier molecular flexibility index (Phi) is 11.9. The third-order valence-electron chi connectivity index (χ3n) is 14.9. The minimum absolute atomic E-state index is 1.05. The summed E-state index contributed by atoms with van der Waals surface area (Å²) in [6.07, 6.45) is 4.05. The molecule has 13 aromatic carbocycles. The lowest BCUT2D eigenvalue weighted by Gasteiger charge is -2.26. The van der Waals surface area contributed by atoms with E-state index in [-0.39, 0.29) is 0 Å². The molecule has 76 heavy (non-hydrogen) atoms. The van der Waals surface area contributed by atoms with E-state index in [0.717, 1.165) is 83.8 Å². The highest BCUT2D eigenvalue weighted by Gasteiger charge is 2.24. The third kappa shape index (κ3) is 7.92. The second kappa shape index (κ2) is 19.8. The summed E-state index contributed by atoms with van der Waals surface area (Å²) in [5, 5.41) is 9.50. The van der Waals surface area contributed by atoms with E-state index in [1.54, 1.807) is 0 Å². The zero-order chi connectivity index (χ0) is 51.0. The lowest BCUT2D eigenvalue weighted by atomic mass is 9.81. The van der Waals surface area contributed by atoms with Crippen molar-refractivity contribution in [2.75, 3.05) is 9.80 Å². The van der Waals surface area contributed by atoms with Crippen LogP contribution in [0.15, 0.2) is 292 Å². The van der Waals surface area contributed by atoms with Gasteiger partial charge in [0.25, 0.3) is 0 Å². The molecule has 0 atom stereocenters. The van der Waals surface area contributed by atoms with Crippen LogP contribution in [0.2, 0.25) is 0 Å². The maximum atomic E-state index is 4.53. The van der Waals surface area contributed by atoms with E-state index in [0.29, 0.717) is 0 Å². The number of rotatable bonds is 12. The minimum Gasteiger partial charge on any atom is -0.310 e. The topological polar surface area (TPSA) is 6.48 Å². The molecule has 13 aromatic rings. The molecule has 0 N–H and O–H groups in total. The predicted octanol–water partition coefficient (Wildman–Crippen LogP) is 21.2. The van der Waals surface area contributed by atoms with Gasteiger partial charge in [0.05, 0.1) is 0 Å². The summed E-state index contributed by atoms with van der Waals surface area (Å²) in [6, 6.07) is 101. The van der Waals surface area contributed by atoms with Gasteiger partial charge in [-0.25, -0.2) is 0 Å². The molecule has 0 aromatic heterocycles. The van der Waals surface area contributed by atoms with Crippen LogP contribution < -0.4 is 9.80 Å². The largest absolute Gasteiger partial charge is 0.310 e. The van der Waals surface area contributed by atoms with Crippen molar-refractivity contribution >= 4 is 89.4 Å². The third-order valence-corrected chi connectivity index (χ3v) is 14.9. The number of nitrogens with zero attached hydrogens (tertiary/aromatic N) is 2. The van der Waals surface area contributed by atoms with Gasteiger partial charge in [0.2, 0.25) is 0 Å². The van der Waals surface area contributed by atoms with E-state index in [1.807, 2.05) is 12.2 Å². The molecule has 0 amide bonds. The second-order valence-electron chi connectivity index (χ2n) is 19.2. The van der Waals surface area contributed by atoms with Crippen LogP contribution in [0.3, 0.4) is 0 Å². The van der Waals surface area contributed by atoms with E-state index in [1.165, 1.54) is 49.0 Å². The maximum absolute atomic E-state index is 4.53. The fourth-order valence-corrected chi connectivity index (χ4v) is 11.8. The molecule has 0 bridgehead atoms. The lowest BCUT2D eigenvalue weighted by Crippen LogP contribution is -2.09. The van der Waals surface area contributed by atoms with Gasteiger partial charge in [0.15, 0.2) is 0 Å². The van der Waals surface area contributed by atoms with E-state index < -0.39 is 0 Å². The molecule has 0 aliphatic rings. The van der Waals surface area contributed by atoms with Crippen molar-refractivity contribution in [3.63, 3.8) is 0 Å². The molecule has 0 aliphatic heterocycles. The van der Waals surface area contributed by atoms with E-state index in [4.69, 9.17) is 0 Å². The number of hydrogen-bond acceptors (Lipinski definition) is 2. The second-order valence-corrected chi connectivity index (χ2v) is 19.2. The number of hydrogen-bond donors (Lipinski definition) is 0. The van der Waals surface area contributed by atoms with Crippen LogP contribution in [0.25, 0.3) is 99.7 Å². The monoisotopic (exact) mass is 968 g/mol. The average molecular weight is 969 g/mol. The molecular formula is C74H52N2. The number of fused-ring (bicyclic) bond motifs is 4. The Balaban J connectivity index is 0.993. The number of benzene rings is 13. The predicted molar refractivity (Wildman–Crippen MR) is 328 cm³/mol. The normalized spacial score (nSPS) is 11.3. The van der Waals surface area contributed by atoms with Crippen LogP contribution in [0.4, 0.5) is 34.1 Å². The van der Waals surface area contributed by atoms with Gasteiger partial charge in [-0.15, -0.1) is 0 Å². The maximum Gasteiger partial charge on any atom is 0.0467 e. The van der Waals surface area contributed by atoms with Crippen molar-refractivity contribution in [1.82, 2.24) is 0 Å². The molecule has 0 radical (unpaired) electrons. The summed E-state index contributed by atoms with van der Waals surface area (Å²) in [6.45, 7) is 9.03. The Bertz CT molecular complexity index is 4180. The van der Waals surface area contributed by atoms with Gasteiger partial charge in [0.1, 0.15) is 0 Å². The SMILES string of the molecule is C=Cc1c(C=C)c(-c2cccc3c(-c4c5ccccc5c(-c5cccc(N(c6ccccc6)c6ccccc6)c5)c5ccccc45)cccc23)c2ccccc2c1-c1cccc(N(c2ccccc2)c2ccccc2)c1. The average Bonchev–Trinajstić information content (AvgIpc) is 3.49. The van der Waals surface area contributed by atoms with Gasteiger partial charge in [-0.3, -0.25) is 0 Å². The van der Waals surface area contributed by atoms with Crippen LogP contribution in [-0.2, 0) is 0 Å². The first-order valence-electron chi connectivity index (χ1n) is 26.0. The van der Waals surface area contributed by atoms with Gasteiger partial charge in [-0.2, -0.15) is 0 Å². The molecule has 0 heterocycles. The fraction of sp³-hybridized carbons (Fsp3) is 0. The van der Waals surface area contributed by atoms with Gasteiger partial charge in [-0.1, -0.05) is 232 Å². The van der Waals surface area contributed by atoms with Crippen LogP contribution in [-0.4, -0.2) is 0 Å². The minimum atomic E-state index is 1.05. The highest BCUT2D eigenvalue weighted by atomic mass is 15.1. The van der Waals surface area contributed by atoms with Crippen molar-refractivity contribution in [2.45, 2.75) is 0 Å². The molecule has 2 nitrogen and oxygen atoms in total. The van der Waals surface area contributed by atoms with E-state index in [2.05, 4.69) is 302 Å². The molecule has 358 valence electrons. The van der Waals surface area contributed by atoms with Crippen LogP contribution in [0.5, 0.6) is 0 Å². The zero-order valence-corrected chi connectivity index (χ0v) is 42.0. The zero-order valence-electron chi connectivity index (χ0n) is 42.0. The molecule has 0 unspecified atom stereocenters. The quantitative estimate of drug-likeness (QED) is 0.113. The number of para-hydroxylation sites is 4. The Morgan fingerprint density at radius 3 is 0.895 bits per heavy atom. The van der Waals surface area contributed by atoms with Crippen molar-refractivity contribution in [3.05, 3.63) is 303 Å². The summed E-state index contributed by atoms with van der Waals surface area (Å²) in [7, 11) is 0. The first-order chi connectivity index (χ1) is 37.7. The van der Waals surface area contributed by atoms with Gasteiger partial charge in [0, 0.05) is 34.1 Å². The van der Waals surface area contributed by atoms with Gasteiger partial charge >= 0.3 is 0 Å². The smallest absolute Gasteiger partial charge is 0.0467 e. The Morgan fingerprint density at radius 1 is 0.224 bits per heavy atom. The Morgan fingerprint density at radius 2 is 0.500 bits per heavy atom. The highest BCUT2D eigenvalue weighted by molar-refractivity contribution is 6.25. The lowest BCUT2D eigenvalue weighted by molar-refractivity contribution is 1.28. The summed E-state index contributed by atoms with van der Waals surface area (Å²) in [5.74, 6) is 0. The standard InChI is InChI=1S/C74H52N2/c1-3-59-60(4-2)73(68-42-20-17-39-65(68)71(59)51-27-23-37-57(49-51)75(53-29-9-5-10-30-53)54-31-11-6-12-32-54)63-47-25-46-62-61(63)45-26-48-64(62)74-69-43-21-18-40-66(69)72(67-41-19-22-44-70(67)74)52-28-24-38-58(50-52)76(55-33-13-7-14-34-55)56-35-15-8-16-36-56/h3-50H,1-2H2. The van der Waals surface area contributed by atoms with E-state index in [9.17, 15) is 0 Å². The molecule has 0 fully saturated rings. The summed E-state index contributed by atoms with van der Waals surface area (Å²) < 4.78 is 0. The van der Waals surface area contributed by atoms with Crippen LogP contribution >= 0.6 is 0 Å². The van der Waals surface area contributed by atoms with Crippen molar-refractivity contribution in [3.8, 4) is 44.5 Å². The molecule has 2 heteroatoms. The van der Waals surface area contributed by atoms with Crippen LogP contribution in [0, 0.1) is 0 Å². The molecule has 0 saturated carbocycles. The summed E-state index contributed by atoms with van der Waals surface area (Å²) >= 11 is 0. The fourth-order valence-electron chi connectivity index (χ4n) is 11.8. The van der Waals surface area contributed by atoms with E-state index >= 15 is 0 Å². The first-order valence-corrected chi connectivity index (χ1v) is 26.0. The number of anilines is 6. The molecular weight excluding hydrogens is 917 g/mol. The highest BCUT2D eigenvalue weighted by Crippen LogP contribution is 2.50. The summed E-state index contributed by atoms with van der Waals surface area (Å²) in [4.78, 5) is 4.66. The Hall–Kier alpha value is -10.0. The molecule has 0 aliphatic carbocycles.